The van der Waals surface area contributed by atoms with E-state index in [0.29, 0.717) is 0 Å². The minimum Gasteiger partial charge on any atom is -0.445 e. The summed E-state index contributed by atoms with van der Waals surface area (Å²) in [5.41, 5.74) is 6.59. The van der Waals surface area contributed by atoms with Crippen LogP contribution in [0.4, 0.5) is 13.6 Å². The van der Waals surface area contributed by atoms with Crippen LogP contribution >= 0.6 is 0 Å². The van der Waals surface area contributed by atoms with Crippen LogP contribution in [0.3, 0.4) is 0 Å². The molecule has 1 aliphatic rings. The van der Waals surface area contributed by atoms with Gasteiger partial charge in [0, 0.05) is 18.9 Å². The monoisotopic (exact) mass is 284 g/mol. The van der Waals surface area contributed by atoms with Gasteiger partial charge in [-0.1, -0.05) is 30.3 Å². The maximum Gasteiger partial charge on any atom is 0.407 e. The molecule has 0 heterocycles. The number of carbonyl (C=O) groups is 1. The second-order valence-corrected chi connectivity index (χ2v) is 5.08. The fourth-order valence-corrected chi connectivity index (χ4v) is 2.23. The first-order chi connectivity index (χ1) is 9.46. The van der Waals surface area contributed by atoms with Crippen molar-refractivity contribution in [3.63, 3.8) is 0 Å². The first-order valence-corrected chi connectivity index (χ1v) is 6.57. The Morgan fingerprint density at radius 1 is 1.40 bits per heavy atom. The van der Waals surface area contributed by atoms with Crippen LogP contribution in [0.5, 0.6) is 0 Å². The third kappa shape index (κ3) is 4.16. The molecule has 0 bridgehead atoms. The average Bonchev–Trinajstić information content (AvgIpc) is 2.42. The molecule has 3 N–H and O–H groups in total. The van der Waals surface area contributed by atoms with E-state index in [1.54, 1.807) is 0 Å². The lowest BCUT2D eigenvalue weighted by Gasteiger charge is -2.33. The summed E-state index contributed by atoms with van der Waals surface area (Å²) >= 11 is 0. The topological polar surface area (TPSA) is 64.3 Å². The summed E-state index contributed by atoms with van der Waals surface area (Å²) < 4.78 is 31.6. The van der Waals surface area contributed by atoms with Crippen molar-refractivity contribution >= 4 is 6.09 Å². The Balaban J connectivity index is 1.81. The molecular weight excluding hydrogens is 266 g/mol. The van der Waals surface area contributed by atoms with Gasteiger partial charge in [-0.15, -0.1) is 0 Å². The zero-order chi connectivity index (χ0) is 14.6. The summed E-state index contributed by atoms with van der Waals surface area (Å²) in [6.45, 7) is 0.102. The van der Waals surface area contributed by atoms with Crippen molar-refractivity contribution in [1.29, 1.82) is 0 Å². The molecule has 1 aliphatic carbocycles. The van der Waals surface area contributed by atoms with Gasteiger partial charge in [0.15, 0.2) is 0 Å². The number of alkyl carbamates (subject to hydrolysis) is 1. The van der Waals surface area contributed by atoms with E-state index >= 15 is 0 Å². The Morgan fingerprint density at radius 2 is 2.10 bits per heavy atom. The molecule has 0 aliphatic heterocycles. The van der Waals surface area contributed by atoms with Crippen LogP contribution in [-0.2, 0) is 11.3 Å². The summed E-state index contributed by atoms with van der Waals surface area (Å²) in [5.74, 6) is -2.77. The number of alkyl halides is 2. The quantitative estimate of drug-likeness (QED) is 0.896. The number of nitrogens with one attached hydrogen (secondary N) is 1. The third-order valence-electron chi connectivity index (χ3n) is 3.39. The summed E-state index contributed by atoms with van der Waals surface area (Å²) in [5, 5.41) is 2.43. The number of carbonyl (C=O) groups excluding carboxylic acids is 1. The number of hydrogen-bond acceptors (Lipinski definition) is 3. The standard InChI is InChI=1S/C14H18F2N2O2/c15-14(16)7-6-11(17)12(8-14)18-13(19)20-9-10-4-2-1-3-5-10/h1-5,11-12H,6-9,17H2,(H,18,19)/t11-,12-/m1/s1. The van der Waals surface area contributed by atoms with E-state index in [1.165, 1.54) is 0 Å². The van der Waals surface area contributed by atoms with Gasteiger partial charge in [-0.2, -0.15) is 0 Å². The molecule has 20 heavy (non-hydrogen) atoms. The molecule has 4 nitrogen and oxygen atoms in total. The number of benzene rings is 1. The SMILES string of the molecule is N[C@@H]1CCC(F)(F)C[C@H]1NC(=O)OCc1ccccc1. The molecule has 110 valence electrons. The van der Waals surface area contributed by atoms with Crippen molar-refractivity contribution in [3.05, 3.63) is 35.9 Å². The number of ether oxygens (including phenoxy) is 1. The lowest BCUT2D eigenvalue weighted by atomic mass is 9.88. The smallest absolute Gasteiger partial charge is 0.407 e. The molecule has 0 spiro atoms. The maximum atomic E-state index is 13.3. The van der Waals surface area contributed by atoms with Crippen LogP contribution in [0.2, 0.25) is 0 Å². The highest BCUT2D eigenvalue weighted by molar-refractivity contribution is 5.67. The Hall–Kier alpha value is -1.69. The van der Waals surface area contributed by atoms with Crippen molar-refractivity contribution in [2.45, 2.75) is 43.9 Å². The molecule has 0 aromatic heterocycles. The van der Waals surface area contributed by atoms with Gasteiger partial charge in [-0.05, 0) is 12.0 Å². The van der Waals surface area contributed by atoms with Gasteiger partial charge in [-0.25, -0.2) is 13.6 Å². The van der Waals surface area contributed by atoms with E-state index in [2.05, 4.69) is 5.32 Å². The molecule has 0 radical (unpaired) electrons. The fraction of sp³-hybridized carbons (Fsp3) is 0.500. The Morgan fingerprint density at radius 3 is 2.80 bits per heavy atom. The normalized spacial score (nSPS) is 24.9. The summed E-state index contributed by atoms with van der Waals surface area (Å²) in [6, 6.07) is 7.93. The van der Waals surface area contributed by atoms with Gasteiger partial charge >= 0.3 is 6.09 Å². The molecule has 1 aromatic carbocycles. The van der Waals surface area contributed by atoms with Gasteiger partial charge in [-0.3, -0.25) is 0 Å². The zero-order valence-corrected chi connectivity index (χ0v) is 11.0. The maximum absolute atomic E-state index is 13.3. The van der Waals surface area contributed by atoms with Crippen molar-refractivity contribution in [2.75, 3.05) is 0 Å². The summed E-state index contributed by atoms with van der Waals surface area (Å²) in [6.07, 6.45) is -1.19. The van der Waals surface area contributed by atoms with E-state index in [-0.39, 0.29) is 19.4 Å². The van der Waals surface area contributed by atoms with E-state index in [9.17, 15) is 13.6 Å². The Bertz CT molecular complexity index is 454. The number of amides is 1. The van der Waals surface area contributed by atoms with E-state index < -0.39 is 30.5 Å². The van der Waals surface area contributed by atoms with Crippen molar-refractivity contribution in [1.82, 2.24) is 5.32 Å². The molecule has 0 unspecified atom stereocenters. The highest BCUT2D eigenvalue weighted by atomic mass is 19.3. The fourth-order valence-electron chi connectivity index (χ4n) is 2.23. The van der Waals surface area contributed by atoms with Crippen LogP contribution in [0.1, 0.15) is 24.8 Å². The van der Waals surface area contributed by atoms with Crippen LogP contribution in [-0.4, -0.2) is 24.1 Å². The van der Waals surface area contributed by atoms with Gasteiger partial charge in [0.25, 0.3) is 0 Å². The zero-order valence-electron chi connectivity index (χ0n) is 11.0. The molecule has 1 aromatic rings. The van der Waals surface area contributed by atoms with Crippen molar-refractivity contribution in [2.24, 2.45) is 5.73 Å². The van der Waals surface area contributed by atoms with E-state index in [1.807, 2.05) is 30.3 Å². The number of nitrogens with two attached hydrogens (primary N) is 1. The van der Waals surface area contributed by atoms with E-state index in [0.717, 1.165) is 5.56 Å². The highest BCUT2D eigenvalue weighted by Gasteiger charge is 2.40. The summed E-state index contributed by atoms with van der Waals surface area (Å²) in [4.78, 5) is 11.6. The van der Waals surface area contributed by atoms with Gasteiger partial charge in [0.1, 0.15) is 6.61 Å². The number of halogens is 2. The van der Waals surface area contributed by atoms with E-state index in [4.69, 9.17) is 10.5 Å². The minimum atomic E-state index is -2.77. The van der Waals surface area contributed by atoms with Crippen LogP contribution < -0.4 is 11.1 Å². The van der Waals surface area contributed by atoms with Gasteiger partial charge in [0.2, 0.25) is 5.92 Å². The predicted octanol–water partition coefficient (Wildman–Crippen LogP) is 2.43. The van der Waals surface area contributed by atoms with Crippen LogP contribution in [0.15, 0.2) is 30.3 Å². The molecule has 2 atom stereocenters. The molecule has 1 amide bonds. The molecule has 2 rings (SSSR count). The van der Waals surface area contributed by atoms with Crippen molar-refractivity contribution in [3.8, 4) is 0 Å². The molecular formula is C14H18F2N2O2. The number of rotatable bonds is 3. The highest BCUT2D eigenvalue weighted by Crippen LogP contribution is 2.32. The lowest BCUT2D eigenvalue weighted by molar-refractivity contribution is -0.0482. The Labute approximate surface area is 116 Å². The van der Waals surface area contributed by atoms with Crippen LogP contribution in [0, 0.1) is 0 Å². The first kappa shape index (κ1) is 14.7. The lowest BCUT2D eigenvalue weighted by Crippen LogP contribution is -2.53. The third-order valence-corrected chi connectivity index (χ3v) is 3.39. The van der Waals surface area contributed by atoms with Crippen molar-refractivity contribution < 1.29 is 18.3 Å². The summed E-state index contributed by atoms with van der Waals surface area (Å²) in [7, 11) is 0. The predicted molar refractivity (Wildman–Crippen MR) is 70.3 cm³/mol. The second-order valence-electron chi connectivity index (χ2n) is 5.08. The molecule has 1 fully saturated rings. The van der Waals surface area contributed by atoms with Gasteiger partial charge < -0.3 is 15.8 Å². The second kappa shape index (κ2) is 6.17. The molecule has 6 heteroatoms. The largest absolute Gasteiger partial charge is 0.445 e. The molecule has 1 saturated carbocycles. The number of hydrogen-bond donors (Lipinski definition) is 2. The minimum absolute atomic E-state index is 0.102. The van der Waals surface area contributed by atoms with Gasteiger partial charge in [0.05, 0.1) is 6.04 Å². The van der Waals surface area contributed by atoms with Crippen LogP contribution in [0.25, 0.3) is 0 Å². The first-order valence-electron chi connectivity index (χ1n) is 6.57. The Kier molecular flexibility index (Phi) is 4.54. The molecule has 0 saturated heterocycles. The average molecular weight is 284 g/mol.